The first-order valence-electron chi connectivity index (χ1n) is 6.37. The molecule has 1 unspecified atom stereocenters. The molecule has 1 saturated carbocycles. The van der Waals surface area contributed by atoms with Crippen molar-refractivity contribution < 1.29 is 19.8 Å². The number of carbonyl (C=O) groups is 2. The van der Waals surface area contributed by atoms with E-state index in [1.165, 1.54) is 0 Å². The highest BCUT2D eigenvalue weighted by molar-refractivity contribution is 5.93. The summed E-state index contributed by atoms with van der Waals surface area (Å²) in [4.78, 5) is 22.5. The van der Waals surface area contributed by atoms with E-state index < -0.39 is 17.5 Å². The van der Waals surface area contributed by atoms with E-state index in [9.17, 15) is 19.8 Å². The predicted octanol–water partition coefficient (Wildman–Crippen LogP) is 1.47. The summed E-state index contributed by atoms with van der Waals surface area (Å²) in [5.74, 6) is -0.948. The van der Waals surface area contributed by atoms with Crippen molar-refractivity contribution in [3.63, 3.8) is 0 Å². The van der Waals surface area contributed by atoms with Crippen molar-refractivity contribution in [2.24, 2.45) is 5.41 Å². The number of rotatable bonds is 3. The summed E-state index contributed by atoms with van der Waals surface area (Å²) in [6, 6.07) is 5.24. The molecular formula is C14H15NO4. The van der Waals surface area contributed by atoms with Gasteiger partial charge in [-0.3, -0.25) is 9.59 Å². The van der Waals surface area contributed by atoms with Crippen LogP contribution in [0.2, 0.25) is 0 Å². The van der Waals surface area contributed by atoms with Gasteiger partial charge in [0.1, 0.15) is 0 Å². The number of carbonyl (C=O) groups excluding carboxylic acids is 1. The molecule has 5 heteroatoms. The molecule has 0 spiro atoms. The van der Waals surface area contributed by atoms with Crippen LogP contribution in [0.15, 0.2) is 18.2 Å². The lowest BCUT2D eigenvalue weighted by Crippen LogP contribution is -2.24. The van der Waals surface area contributed by atoms with Gasteiger partial charge in [0.05, 0.1) is 11.5 Å². The number of carboxylic acid groups (broad SMARTS) is 1. The van der Waals surface area contributed by atoms with Crippen LogP contribution in [-0.2, 0) is 16.0 Å². The summed E-state index contributed by atoms with van der Waals surface area (Å²) >= 11 is 0. The molecule has 100 valence electrons. The van der Waals surface area contributed by atoms with Gasteiger partial charge in [-0.05, 0) is 36.5 Å². The number of anilines is 1. The van der Waals surface area contributed by atoms with Crippen LogP contribution >= 0.6 is 0 Å². The van der Waals surface area contributed by atoms with Gasteiger partial charge in [0.25, 0.3) is 0 Å². The molecule has 0 radical (unpaired) electrons. The number of aliphatic hydroxyl groups is 1. The van der Waals surface area contributed by atoms with Gasteiger partial charge in [0, 0.05) is 12.1 Å². The molecule has 1 atom stereocenters. The number of hydrogen-bond acceptors (Lipinski definition) is 3. The van der Waals surface area contributed by atoms with E-state index in [4.69, 9.17) is 0 Å². The Labute approximate surface area is 110 Å². The van der Waals surface area contributed by atoms with Gasteiger partial charge in [-0.1, -0.05) is 12.1 Å². The lowest BCUT2D eigenvalue weighted by Gasteiger charge is -2.22. The SMILES string of the molecule is O=C1CCc2cc(C(O)C3(C(=O)O)CC3)ccc2N1. The quantitative estimate of drug-likeness (QED) is 0.769. The zero-order valence-corrected chi connectivity index (χ0v) is 10.3. The van der Waals surface area contributed by atoms with Crippen molar-refractivity contribution in [1.82, 2.24) is 0 Å². The highest BCUT2D eigenvalue weighted by Crippen LogP contribution is 2.55. The molecule has 0 bridgehead atoms. The van der Waals surface area contributed by atoms with E-state index in [0.717, 1.165) is 11.3 Å². The molecule has 1 fully saturated rings. The lowest BCUT2D eigenvalue weighted by molar-refractivity contribution is -0.148. The molecule has 1 amide bonds. The van der Waals surface area contributed by atoms with Crippen LogP contribution in [0.4, 0.5) is 5.69 Å². The molecular weight excluding hydrogens is 246 g/mol. The molecule has 2 aliphatic rings. The Bertz CT molecular complexity index is 563. The summed E-state index contributed by atoms with van der Waals surface area (Å²) in [6.07, 6.45) is 1.10. The first-order valence-corrected chi connectivity index (χ1v) is 6.37. The minimum Gasteiger partial charge on any atom is -0.481 e. The van der Waals surface area contributed by atoms with E-state index in [2.05, 4.69) is 5.32 Å². The van der Waals surface area contributed by atoms with Crippen LogP contribution in [0.1, 0.15) is 36.5 Å². The van der Waals surface area contributed by atoms with Crippen LogP contribution < -0.4 is 5.32 Å². The smallest absolute Gasteiger partial charge is 0.312 e. The van der Waals surface area contributed by atoms with Gasteiger partial charge in [-0.25, -0.2) is 0 Å². The molecule has 0 aromatic heterocycles. The molecule has 1 aromatic rings. The summed E-state index contributed by atoms with van der Waals surface area (Å²) in [5.41, 5.74) is 1.33. The number of aryl methyl sites for hydroxylation is 1. The van der Waals surface area contributed by atoms with Crippen molar-refractivity contribution >= 4 is 17.6 Å². The van der Waals surface area contributed by atoms with Crippen molar-refractivity contribution in [3.8, 4) is 0 Å². The summed E-state index contributed by atoms with van der Waals surface area (Å²) in [5, 5.41) is 22.2. The van der Waals surface area contributed by atoms with E-state index in [-0.39, 0.29) is 5.91 Å². The Morgan fingerprint density at radius 1 is 1.32 bits per heavy atom. The van der Waals surface area contributed by atoms with Crippen LogP contribution in [0.5, 0.6) is 0 Å². The van der Waals surface area contributed by atoms with Crippen LogP contribution in [0, 0.1) is 5.41 Å². The summed E-state index contributed by atoms with van der Waals surface area (Å²) in [7, 11) is 0. The molecule has 3 rings (SSSR count). The third kappa shape index (κ3) is 1.90. The standard InChI is InChI=1S/C14H15NO4/c16-11-4-2-8-7-9(1-3-10(8)15-11)12(17)14(5-6-14)13(18)19/h1,3,7,12,17H,2,4-6H2,(H,15,16)(H,18,19). The van der Waals surface area contributed by atoms with Crippen LogP contribution in [0.25, 0.3) is 0 Å². The molecule has 1 aliphatic carbocycles. The third-order valence-corrected chi connectivity index (χ3v) is 4.08. The van der Waals surface area contributed by atoms with Gasteiger partial charge < -0.3 is 15.5 Å². The zero-order chi connectivity index (χ0) is 13.6. The number of benzene rings is 1. The van der Waals surface area contributed by atoms with Gasteiger partial charge >= 0.3 is 5.97 Å². The predicted molar refractivity (Wildman–Crippen MR) is 67.7 cm³/mol. The second-order valence-corrected chi connectivity index (χ2v) is 5.33. The fraction of sp³-hybridized carbons (Fsp3) is 0.429. The zero-order valence-electron chi connectivity index (χ0n) is 10.3. The van der Waals surface area contributed by atoms with Gasteiger partial charge in [0.15, 0.2) is 0 Å². The molecule has 3 N–H and O–H groups in total. The number of carboxylic acids is 1. The highest BCUT2D eigenvalue weighted by atomic mass is 16.4. The summed E-state index contributed by atoms with van der Waals surface area (Å²) < 4.78 is 0. The Morgan fingerprint density at radius 2 is 2.05 bits per heavy atom. The van der Waals surface area contributed by atoms with Gasteiger partial charge in [-0.15, -0.1) is 0 Å². The first-order chi connectivity index (χ1) is 9.03. The van der Waals surface area contributed by atoms with E-state index >= 15 is 0 Å². The lowest BCUT2D eigenvalue weighted by atomic mass is 9.90. The molecule has 1 heterocycles. The molecule has 1 aliphatic heterocycles. The van der Waals surface area contributed by atoms with E-state index in [1.54, 1.807) is 12.1 Å². The number of nitrogens with one attached hydrogen (secondary N) is 1. The second-order valence-electron chi connectivity index (χ2n) is 5.33. The number of hydrogen-bond donors (Lipinski definition) is 3. The maximum absolute atomic E-state index is 11.3. The largest absolute Gasteiger partial charge is 0.481 e. The van der Waals surface area contributed by atoms with Crippen LogP contribution in [0.3, 0.4) is 0 Å². The fourth-order valence-electron chi connectivity index (χ4n) is 2.63. The van der Waals surface area contributed by atoms with E-state index in [0.29, 0.717) is 31.2 Å². The average molecular weight is 261 g/mol. The first kappa shape index (κ1) is 12.2. The summed E-state index contributed by atoms with van der Waals surface area (Å²) in [6.45, 7) is 0. The maximum Gasteiger partial charge on any atom is 0.312 e. The topological polar surface area (TPSA) is 86.6 Å². The number of aliphatic hydroxyl groups excluding tert-OH is 1. The van der Waals surface area contributed by atoms with Crippen molar-refractivity contribution in [3.05, 3.63) is 29.3 Å². The number of amides is 1. The van der Waals surface area contributed by atoms with Gasteiger partial charge in [0.2, 0.25) is 5.91 Å². The van der Waals surface area contributed by atoms with Crippen molar-refractivity contribution in [2.45, 2.75) is 31.8 Å². The minimum atomic E-state index is -1.01. The molecule has 19 heavy (non-hydrogen) atoms. The molecule has 0 saturated heterocycles. The maximum atomic E-state index is 11.3. The van der Waals surface area contributed by atoms with Crippen molar-refractivity contribution in [2.75, 3.05) is 5.32 Å². The number of aliphatic carboxylic acids is 1. The van der Waals surface area contributed by atoms with Crippen LogP contribution in [-0.4, -0.2) is 22.1 Å². The normalized spacial score (nSPS) is 21.2. The molecule has 1 aromatic carbocycles. The van der Waals surface area contributed by atoms with Crippen molar-refractivity contribution in [1.29, 1.82) is 0 Å². The Balaban J connectivity index is 1.91. The third-order valence-electron chi connectivity index (χ3n) is 4.08. The minimum absolute atomic E-state index is 0.00926. The second kappa shape index (κ2) is 4.06. The Morgan fingerprint density at radius 3 is 2.68 bits per heavy atom. The Hall–Kier alpha value is -1.88. The fourth-order valence-corrected chi connectivity index (χ4v) is 2.63. The van der Waals surface area contributed by atoms with Gasteiger partial charge in [-0.2, -0.15) is 0 Å². The highest BCUT2D eigenvalue weighted by Gasteiger charge is 2.56. The Kier molecular flexibility index (Phi) is 2.60. The van der Waals surface area contributed by atoms with E-state index in [1.807, 2.05) is 6.07 Å². The number of fused-ring (bicyclic) bond motifs is 1. The average Bonchev–Trinajstić information content (AvgIpc) is 3.18. The molecule has 5 nitrogen and oxygen atoms in total. The monoisotopic (exact) mass is 261 g/mol.